The van der Waals surface area contributed by atoms with Crippen molar-refractivity contribution in [1.29, 1.82) is 0 Å². The van der Waals surface area contributed by atoms with Crippen LogP contribution in [-0.4, -0.2) is 19.3 Å². The van der Waals surface area contributed by atoms with E-state index < -0.39 is 17.5 Å². The van der Waals surface area contributed by atoms with Gasteiger partial charge < -0.3 is 9.47 Å². The molecule has 0 bridgehead atoms. The third kappa shape index (κ3) is 4.47. The molecule has 2 atom stereocenters. The van der Waals surface area contributed by atoms with Crippen molar-refractivity contribution in [3.8, 4) is 11.1 Å². The van der Waals surface area contributed by atoms with Gasteiger partial charge in [-0.2, -0.15) is 0 Å². The molecule has 2 unspecified atom stereocenters. The fraction of sp³-hybridized carbons (Fsp3) is 0.391. The Balaban J connectivity index is 1.72. The van der Waals surface area contributed by atoms with E-state index in [4.69, 9.17) is 9.47 Å². The highest BCUT2D eigenvalue weighted by atomic mass is 19.2. The van der Waals surface area contributed by atoms with Gasteiger partial charge in [-0.05, 0) is 30.9 Å². The summed E-state index contributed by atoms with van der Waals surface area (Å²) in [6.45, 7) is 6.70. The quantitative estimate of drug-likeness (QED) is 0.506. The van der Waals surface area contributed by atoms with Crippen LogP contribution < -0.4 is 0 Å². The highest BCUT2D eigenvalue weighted by molar-refractivity contribution is 5.67. The minimum atomic E-state index is -1.01. The average Bonchev–Trinajstić information content (AvgIpc) is 2.71. The van der Waals surface area contributed by atoms with Gasteiger partial charge in [0.05, 0.1) is 18.8 Å². The maximum absolute atomic E-state index is 14.7. The third-order valence-electron chi connectivity index (χ3n) is 5.08. The normalized spacial score (nSPS) is 19.6. The molecular formula is C23H25F3O2. The van der Waals surface area contributed by atoms with Crippen LogP contribution in [0.4, 0.5) is 13.2 Å². The van der Waals surface area contributed by atoms with Crippen LogP contribution in [0.1, 0.15) is 49.8 Å². The monoisotopic (exact) mass is 390 g/mol. The van der Waals surface area contributed by atoms with Gasteiger partial charge in [-0.25, -0.2) is 13.2 Å². The second kappa shape index (κ2) is 9.39. The second-order valence-electron chi connectivity index (χ2n) is 7.02. The van der Waals surface area contributed by atoms with Gasteiger partial charge in [0, 0.05) is 23.3 Å². The number of hydrogen-bond acceptors (Lipinski definition) is 2. The van der Waals surface area contributed by atoms with Crippen LogP contribution in [0.25, 0.3) is 17.2 Å². The molecule has 0 aliphatic carbocycles. The molecule has 1 heterocycles. The Kier molecular flexibility index (Phi) is 6.92. The lowest BCUT2D eigenvalue weighted by Crippen LogP contribution is -2.28. The number of unbranched alkanes of at least 4 members (excludes halogenated alkanes) is 1. The molecule has 28 heavy (non-hydrogen) atoms. The first-order chi connectivity index (χ1) is 13.5. The van der Waals surface area contributed by atoms with Gasteiger partial charge in [0.1, 0.15) is 5.82 Å². The van der Waals surface area contributed by atoms with E-state index in [9.17, 15) is 13.2 Å². The van der Waals surface area contributed by atoms with Crippen LogP contribution in [0.3, 0.4) is 0 Å². The van der Waals surface area contributed by atoms with Crippen molar-refractivity contribution in [2.75, 3.05) is 13.2 Å². The first-order valence-electron chi connectivity index (χ1n) is 9.68. The highest BCUT2D eigenvalue weighted by Crippen LogP contribution is 2.34. The van der Waals surface area contributed by atoms with Gasteiger partial charge in [-0.15, -0.1) is 0 Å². The third-order valence-corrected chi connectivity index (χ3v) is 5.08. The van der Waals surface area contributed by atoms with E-state index in [2.05, 4.69) is 13.5 Å². The minimum Gasteiger partial charge on any atom is -0.376 e. The fourth-order valence-corrected chi connectivity index (χ4v) is 3.40. The van der Waals surface area contributed by atoms with E-state index in [1.807, 2.05) is 0 Å². The SMILES string of the molecule is C=Cc1ccc(-c2ccc(C3CCC(OCCCC)CO3)c(F)c2)c(F)c1F. The van der Waals surface area contributed by atoms with Crippen LogP contribution in [0.5, 0.6) is 0 Å². The van der Waals surface area contributed by atoms with E-state index >= 15 is 0 Å². The molecule has 0 N–H and O–H groups in total. The van der Waals surface area contributed by atoms with Crippen LogP contribution in [0.15, 0.2) is 36.9 Å². The lowest BCUT2D eigenvalue weighted by atomic mass is 9.96. The molecule has 0 spiro atoms. The Morgan fingerprint density at radius 1 is 1.14 bits per heavy atom. The van der Waals surface area contributed by atoms with Gasteiger partial charge in [-0.3, -0.25) is 0 Å². The van der Waals surface area contributed by atoms with E-state index in [1.165, 1.54) is 24.3 Å². The summed E-state index contributed by atoms with van der Waals surface area (Å²) in [5.41, 5.74) is 0.802. The first kappa shape index (κ1) is 20.6. The second-order valence-corrected chi connectivity index (χ2v) is 7.02. The minimum absolute atomic E-state index is 0.0162. The number of benzene rings is 2. The molecule has 5 heteroatoms. The first-order valence-corrected chi connectivity index (χ1v) is 9.68. The lowest BCUT2D eigenvalue weighted by Gasteiger charge is -2.29. The summed E-state index contributed by atoms with van der Waals surface area (Å²) >= 11 is 0. The molecule has 2 aromatic carbocycles. The van der Waals surface area contributed by atoms with Gasteiger partial charge >= 0.3 is 0 Å². The van der Waals surface area contributed by atoms with Gasteiger partial charge in [0.15, 0.2) is 11.6 Å². The largest absolute Gasteiger partial charge is 0.376 e. The fourth-order valence-electron chi connectivity index (χ4n) is 3.40. The summed E-state index contributed by atoms with van der Waals surface area (Å²) in [5.74, 6) is -2.48. The smallest absolute Gasteiger partial charge is 0.167 e. The zero-order valence-corrected chi connectivity index (χ0v) is 16.0. The molecule has 1 fully saturated rings. The molecule has 2 aromatic rings. The summed E-state index contributed by atoms with van der Waals surface area (Å²) in [6.07, 6.45) is 4.49. The molecule has 2 nitrogen and oxygen atoms in total. The Labute approximate surface area is 164 Å². The van der Waals surface area contributed by atoms with Crippen molar-refractivity contribution < 1.29 is 22.6 Å². The van der Waals surface area contributed by atoms with E-state index in [1.54, 1.807) is 12.1 Å². The summed E-state index contributed by atoms with van der Waals surface area (Å²) in [7, 11) is 0. The van der Waals surface area contributed by atoms with Crippen molar-refractivity contribution >= 4 is 6.08 Å². The van der Waals surface area contributed by atoms with Crippen LogP contribution >= 0.6 is 0 Å². The van der Waals surface area contributed by atoms with Crippen molar-refractivity contribution in [1.82, 2.24) is 0 Å². The summed E-state index contributed by atoms with van der Waals surface area (Å²) in [6, 6.07) is 7.27. The maximum Gasteiger partial charge on any atom is 0.167 e. The Morgan fingerprint density at radius 2 is 1.96 bits per heavy atom. The zero-order valence-electron chi connectivity index (χ0n) is 16.0. The summed E-state index contributed by atoms with van der Waals surface area (Å²) < 4.78 is 54.6. The number of rotatable bonds is 7. The van der Waals surface area contributed by atoms with Crippen LogP contribution in [-0.2, 0) is 9.47 Å². The van der Waals surface area contributed by atoms with Crippen molar-refractivity contribution in [3.63, 3.8) is 0 Å². The van der Waals surface area contributed by atoms with Gasteiger partial charge in [0.2, 0.25) is 0 Å². The molecule has 0 amide bonds. The van der Waals surface area contributed by atoms with Gasteiger partial charge in [-0.1, -0.05) is 50.3 Å². The highest BCUT2D eigenvalue weighted by Gasteiger charge is 2.26. The predicted octanol–water partition coefficient (Wildman–Crippen LogP) is 6.45. The van der Waals surface area contributed by atoms with Crippen molar-refractivity contribution in [2.45, 2.75) is 44.8 Å². The predicted molar refractivity (Wildman–Crippen MR) is 104 cm³/mol. The molecule has 0 saturated carbocycles. The van der Waals surface area contributed by atoms with Crippen molar-refractivity contribution in [3.05, 3.63) is 65.5 Å². The van der Waals surface area contributed by atoms with E-state index in [-0.39, 0.29) is 28.9 Å². The zero-order chi connectivity index (χ0) is 20.1. The van der Waals surface area contributed by atoms with E-state index in [0.29, 0.717) is 25.2 Å². The molecule has 0 aromatic heterocycles. The van der Waals surface area contributed by atoms with Gasteiger partial charge in [0.25, 0.3) is 0 Å². The average molecular weight is 390 g/mol. The molecule has 0 radical (unpaired) electrons. The van der Waals surface area contributed by atoms with E-state index in [0.717, 1.165) is 19.3 Å². The summed E-state index contributed by atoms with van der Waals surface area (Å²) in [5, 5.41) is 0. The molecule has 1 aliphatic heterocycles. The van der Waals surface area contributed by atoms with Crippen LogP contribution in [0.2, 0.25) is 0 Å². The summed E-state index contributed by atoms with van der Waals surface area (Å²) in [4.78, 5) is 0. The maximum atomic E-state index is 14.7. The van der Waals surface area contributed by atoms with Crippen LogP contribution in [0, 0.1) is 17.5 Å². The Hall–Kier alpha value is -2.11. The molecule has 3 rings (SSSR count). The Bertz CT molecular complexity index is 827. The molecule has 1 aliphatic rings. The Morgan fingerprint density at radius 3 is 2.61 bits per heavy atom. The molecule has 150 valence electrons. The molecule has 1 saturated heterocycles. The van der Waals surface area contributed by atoms with Crippen molar-refractivity contribution in [2.24, 2.45) is 0 Å². The lowest BCUT2D eigenvalue weighted by molar-refractivity contribution is -0.0880. The topological polar surface area (TPSA) is 18.5 Å². The standard InChI is InChI=1S/C23H25F3O2/c1-3-5-12-27-17-8-11-21(28-14-17)19-10-7-16(13-20(19)24)18-9-6-15(4-2)22(25)23(18)26/h4,6-7,9-10,13,17,21H,2-3,5,8,11-12,14H2,1H3. The number of hydrogen-bond donors (Lipinski definition) is 0. The number of halogens is 3. The molecular weight excluding hydrogens is 365 g/mol. The number of ether oxygens (including phenoxy) is 2.